The quantitative estimate of drug-likeness (QED) is 0.722. The summed E-state index contributed by atoms with van der Waals surface area (Å²) in [5.74, 6) is 1.88. The number of thioether (sulfide) groups is 1. The molecule has 3 heterocycles. The third kappa shape index (κ3) is 5.64. The first-order chi connectivity index (χ1) is 14.0. The summed E-state index contributed by atoms with van der Waals surface area (Å²) in [5, 5.41) is 3.29. The summed E-state index contributed by atoms with van der Waals surface area (Å²) in [5.41, 5.74) is 2.22. The first-order valence-electron chi connectivity index (χ1n) is 10.1. The second-order valence-electron chi connectivity index (χ2n) is 7.24. The van der Waals surface area contributed by atoms with E-state index in [9.17, 15) is 4.79 Å². The van der Waals surface area contributed by atoms with E-state index in [1.54, 1.807) is 18.7 Å². The molecule has 1 amide bonds. The van der Waals surface area contributed by atoms with Crippen molar-refractivity contribution in [1.82, 2.24) is 14.8 Å². The Morgan fingerprint density at radius 2 is 2.07 bits per heavy atom. The molecule has 1 unspecified atom stereocenters. The molecule has 0 aliphatic carbocycles. The van der Waals surface area contributed by atoms with E-state index < -0.39 is 0 Å². The number of carbonyl (C=O) groups excluding carboxylic acids is 1. The second-order valence-corrected chi connectivity index (χ2v) is 8.34. The highest BCUT2D eigenvalue weighted by Crippen LogP contribution is 2.38. The Morgan fingerprint density at radius 1 is 1.34 bits per heavy atom. The standard InChI is InChI=1S/C20H24N4O2S.C2H6/c1-13-8-18-19(21-9-13)22-20(27-18)26-17-6-4-15(5-7-17)10-23(3)11-16-12-24(16)14(2)25;1-2/h4-9,16,20H,10-12H2,1-3H3,(H,21,22);1-2H3/t16-,20?,24?;/m1./s1. The van der Waals surface area contributed by atoms with Crippen LogP contribution in [0.5, 0.6) is 5.75 Å². The molecule has 2 atom stereocenters. The smallest absolute Gasteiger partial charge is 0.224 e. The zero-order chi connectivity index (χ0) is 21.0. The van der Waals surface area contributed by atoms with Crippen molar-refractivity contribution in [3.05, 3.63) is 47.7 Å². The molecular formula is C22H30N4O2S. The molecule has 1 N–H and O–H groups in total. The number of amides is 1. The zero-order valence-corrected chi connectivity index (χ0v) is 18.6. The van der Waals surface area contributed by atoms with Crippen LogP contribution in [-0.2, 0) is 11.3 Å². The topological polar surface area (TPSA) is 57.5 Å². The second kappa shape index (κ2) is 9.50. The number of anilines is 1. The summed E-state index contributed by atoms with van der Waals surface area (Å²) in [6.45, 7) is 10.3. The lowest BCUT2D eigenvalue weighted by Gasteiger charge is -2.17. The van der Waals surface area contributed by atoms with Gasteiger partial charge in [-0.15, -0.1) is 0 Å². The minimum Gasteiger partial charge on any atom is -0.461 e. The highest BCUT2D eigenvalue weighted by molar-refractivity contribution is 8.00. The zero-order valence-electron chi connectivity index (χ0n) is 17.8. The van der Waals surface area contributed by atoms with Crippen molar-refractivity contribution in [3.8, 4) is 5.75 Å². The van der Waals surface area contributed by atoms with Gasteiger partial charge in [-0.1, -0.05) is 37.7 Å². The van der Waals surface area contributed by atoms with Gasteiger partial charge in [-0.05, 0) is 43.3 Å². The molecule has 0 bridgehead atoms. The first-order valence-corrected chi connectivity index (χ1v) is 11.0. The average molecular weight is 415 g/mol. The third-order valence-corrected chi connectivity index (χ3v) is 5.73. The molecule has 1 saturated heterocycles. The van der Waals surface area contributed by atoms with Crippen molar-refractivity contribution >= 4 is 23.5 Å². The lowest BCUT2D eigenvalue weighted by atomic mass is 10.2. The molecule has 1 aromatic carbocycles. The van der Waals surface area contributed by atoms with E-state index in [1.807, 2.05) is 44.0 Å². The molecule has 2 aromatic rings. The van der Waals surface area contributed by atoms with E-state index in [4.69, 9.17) is 4.74 Å². The summed E-state index contributed by atoms with van der Waals surface area (Å²) in [4.78, 5) is 21.0. The molecule has 7 heteroatoms. The predicted molar refractivity (Wildman–Crippen MR) is 118 cm³/mol. The van der Waals surface area contributed by atoms with Crippen molar-refractivity contribution in [2.45, 2.75) is 50.7 Å². The molecule has 0 saturated carbocycles. The average Bonchev–Trinajstić information content (AvgIpc) is 3.35. The van der Waals surface area contributed by atoms with Crippen molar-refractivity contribution in [3.63, 3.8) is 0 Å². The van der Waals surface area contributed by atoms with Gasteiger partial charge in [-0.3, -0.25) is 4.79 Å². The van der Waals surface area contributed by atoms with Crippen molar-refractivity contribution in [2.75, 3.05) is 25.5 Å². The van der Waals surface area contributed by atoms with Gasteiger partial charge in [0.2, 0.25) is 11.5 Å². The van der Waals surface area contributed by atoms with Gasteiger partial charge in [-0.25, -0.2) is 4.98 Å². The molecule has 4 rings (SSSR count). The molecule has 0 radical (unpaired) electrons. The number of carbonyl (C=O) groups is 1. The molecule has 1 aromatic heterocycles. The van der Waals surface area contributed by atoms with E-state index in [0.717, 1.165) is 41.7 Å². The summed E-state index contributed by atoms with van der Waals surface area (Å²) >= 11 is 1.64. The maximum absolute atomic E-state index is 11.3. The molecular weight excluding hydrogens is 384 g/mol. The van der Waals surface area contributed by atoms with E-state index in [0.29, 0.717) is 6.04 Å². The highest BCUT2D eigenvalue weighted by atomic mass is 32.2. The van der Waals surface area contributed by atoms with Gasteiger partial charge >= 0.3 is 0 Å². The van der Waals surface area contributed by atoms with E-state index in [2.05, 4.69) is 40.4 Å². The fourth-order valence-electron chi connectivity index (χ4n) is 3.31. The van der Waals surface area contributed by atoms with E-state index >= 15 is 0 Å². The largest absolute Gasteiger partial charge is 0.461 e. The number of rotatable bonds is 6. The van der Waals surface area contributed by atoms with Crippen molar-refractivity contribution in [1.29, 1.82) is 0 Å². The van der Waals surface area contributed by atoms with Gasteiger partial charge in [-0.2, -0.15) is 0 Å². The van der Waals surface area contributed by atoms with Crippen molar-refractivity contribution < 1.29 is 9.53 Å². The molecule has 6 nitrogen and oxygen atoms in total. The van der Waals surface area contributed by atoms with Crippen LogP contribution in [0.4, 0.5) is 5.82 Å². The lowest BCUT2D eigenvalue weighted by molar-refractivity contribution is -0.124. The fourth-order valence-corrected chi connectivity index (χ4v) is 4.34. The van der Waals surface area contributed by atoms with Crippen LogP contribution >= 0.6 is 11.8 Å². The van der Waals surface area contributed by atoms with Crippen LogP contribution in [0, 0.1) is 6.92 Å². The SMILES string of the molecule is CC.CC(=O)N1C[C@H]1CN(C)Cc1ccc(OC2Nc3ncc(C)cc3S2)cc1. The van der Waals surface area contributed by atoms with Crippen LogP contribution < -0.4 is 10.1 Å². The molecule has 29 heavy (non-hydrogen) atoms. The molecule has 2 aliphatic rings. The normalized spacial score (nSPS) is 19.2. The van der Waals surface area contributed by atoms with E-state index in [-0.39, 0.29) is 11.5 Å². The minimum atomic E-state index is -0.157. The number of benzene rings is 1. The number of hydrogen-bond donors (Lipinski definition) is 1. The number of pyridine rings is 1. The van der Waals surface area contributed by atoms with Gasteiger partial charge in [0.25, 0.3) is 0 Å². The van der Waals surface area contributed by atoms with E-state index in [1.165, 1.54) is 5.56 Å². The maximum Gasteiger partial charge on any atom is 0.224 e. The molecule has 0 spiro atoms. The number of nitrogens with zero attached hydrogens (tertiary/aromatic N) is 3. The number of fused-ring (bicyclic) bond motifs is 1. The predicted octanol–water partition coefficient (Wildman–Crippen LogP) is 3.96. The number of likely N-dealkylation sites (N-methyl/N-ethyl adjacent to an activating group) is 1. The van der Waals surface area contributed by atoms with Gasteiger partial charge in [0, 0.05) is 32.8 Å². The number of nitrogens with one attached hydrogen (secondary N) is 1. The third-order valence-electron chi connectivity index (χ3n) is 4.74. The van der Waals surface area contributed by atoms with Gasteiger partial charge in [0.1, 0.15) is 11.6 Å². The van der Waals surface area contributed by atoms with Crippen LogP contribution in [0.3, 0.4) is 0 Å². The Morgan fingerprint density at radius 3 is 2.72 bits per heavy atom. The Kier molecular flexibility index (Phi) is 7.03. The monoisotopic (exact) mass is 414 g/mol. The fraction of sp³-hybridized carbons (Fsp3) is 0.455. The van der Waals surface area contributed by atoms with Gasteiger partial charge in [0.15, 0.2) is 0 Å². The Balaban J connectivity index is 0.00000117. The maximum atomic E-state index is 11.3. The van der Waals surface area contributed by atoms with Crippen LogP contribution in [-0.4, -0.2) is 52.4 Å². The lowest BCUT2D eigenvalue weighted by Crippen LogP contribution is -2.25. The number of aromatic nitrogens is 1. The number of ether oxygens (including phenoxy) is 1. The summed E-state index contributed by atoms with van der Waals surface area (Å²) in [7, 11) is 2.09. The minimum absolute atomic E-state index is 0.157. The Bertz CT molecular complexity index is 843. The summed E-state index contributed by atoms with van der Waals surface area (Å²) < 4.78 is 6.03. The number of hydrogen-bond acceptors (Lipinski definition) is 6. The molecule has 1 fully saturated rings. The summed E-state index contributed by atoms with van der Waals surface area (Å²) in [6.07, 6.45) is 1.86. The number of aryl methyl sites for hydroxylation is 1. The van der Waals surface area contributed by atoms with Crippen LogP contribution in [0.2, 0.25) is 0 Å². The van der Waals surface area contributed by atoms with Crippen LogP contribution in [0.25, 0.3) is 0 Å². The highest BCUT2D eigenvalue weighted by Gasteiger charge is 2.36. The summed E-state index contributed by atoms with van der Waals surface area (Å²) in [6, 6.07) is 10.7. The first kappa shape index (κ1) is 21.5. The molecule has 156 valence electrons. The molecule has 2 aliphatic heterocycles. The van der Waals surface area contributed by atoms with Crippen LogP contribution in [0.15, 0.2) is 41.4 Å². The Labute approximate surface area is 177 Å². The Hall–Kier alpha value is -2.25. The van der Waals surface area contributed by atoms with Crippen LogP contribution in [0.1, 0.15) is 31.9 Å². The van der Waals surface area contributed by atoms with Gasteiger partial charge in [0.05, 0.1) is 10.9 Å². The van der Waals surface area contributed by atoms with Crippen molar-refractivity contribution in [2.24, 2.45) is 0 Å². The van der Waals surface area contributed by atoms with Gasteiger partial charge < -0.3 is 19.9 Å².